The van der Waals surface area contributed by atoms with Gasteiger partial charge in [-0.1, -0.05) is 58.9 Å². The van der Waals surface area contributed by atoms with Crippen molar-refractivity contribution in [3.63, 3.8) is 0 Å². The maximum atomic E-state index is 10.3. The molecule has 2 aromatic carbocycles. The molecular weight excluding hydrogens is 652 g/mol. The zero-order chi connectivity index (χ0) is 38.0. The van der Waals surface area contributed by atoms with Crippen molar-refractivity contribution in [1.82, 2.24) is 30.0 Å². The maximum absolute atomic E-state index is 10.3. The number of amides is 2. The van der Waals surface area contributed by atoms with Crippen LogP contribution in [0.5, 0.6) is 5.75 Å². The van der Waals surface area contributed by atoms with Crippen molar-refractivity contribution < 1.29 is 28.5 Å². The number of benzene rings is 2. The van der Waals surface area contributed by atoms with Crippen LogP contribution in [0.25, 0.3) is 11.5 Å². The first-order valence-corrected chi connectivity index (χ1v) is 17.2. The van der Waals surface area contributed by atoms with E-state index in [0.29, 0.717) is 59.1 Å². The molecule has 0 bridgehead atoms. The van der Waals surface area contributed by atoms with Crippen LogP contribution in [0.1, 0.15) is 58.0 Å². The Morgan fingerprint density at radius 2 is 1.47 bits per heavy atom. The summed E-state index contributed by atoms with van der Waals surface area (Å²) in [6, 6.07) is 17.7. The number of nitrogens with one attached hydrogen (secondary N) is 2. The Morgan fingerprint density at radius 1 is 0.824 bits per heavy atom. The van der Waals surface area contributed by atoms with Crippen molar-refractivity contribution in [2.75, 3.05) is 51.6 Å². The number of primary amides is 1. The highest BCUT2D eigenvalue weighted by Crippen LogP contribution is 2.15. The number of carbonyl (C=O) groups is 2. The first-order chi connectivity index (χ1) is 25.0. The van der Waals surface area contributed by atoms with Gasteiger partial charge in [-0.15, -0.1) is 10.2 Å². The topological polar surface area (TPSA) is 178 Å². The third kappa shape index (κ3) is 21.7. The number of anilines is 1. The molecule has 4 rings (SSSR count). The van der Waals surface area contributed by atoms with Crippen molar-refractivity contribution in [3.8, 4) is 17.3 Å². The molecule has 0 aliphatic carbocycles. The van der Waals surface area contributed by atoms with E-state index in [9.17, 15) is 4.79 Å². The quantitative estimate of drug-likeness (QED) is 0.0870. The van der Waals surface area contributed by atoms with E-state index in [1.807, 2.05) is 81.8 Å². The summed E-state index contributed by atoms with van der Waals surface area (Å²) < 4.78 is 23.6. The van der Waals surface area contributed by atoms with E-state index >= 15 is 0 Å². The fraction of sp³-hybridized carbons (Fsp3) is 0.459. The zero-order valence-corrected chi connectivity index (χ0v) is 31.3. The summed E-state index contributed by atoms with van der Waals surface area (Å²) in [6.45, 7) is 17.3. The number of rotatable bonds is 19. The van der Waals surface area contributed by atoms with Crippen LogP contribution < -0.4 is 21.1 Å². The summed E-state index contributed by atoms with van der Waals surface area (Å²) in [5, 5.41) is 14.4. The van der Waals surface area contributed by atoms with Gasteiger partial charge < -0.3 is 39.9 Å². The van der Waals surface area contributed by atoms with Crippen LogP contribution in [-0.4, -0.2) is 83.8 Å². The minimum atomic E-state index is 0.250. The average molecular weight is 711 g/mol. The second-order valence-electron chi connectivity index (χ2n) is 9.78. The van der Waals surface area contributed by atoms with Gasteiger partial charge in [0.2, 0.25) is 12.8 Å². The van der Waals surface area contributed by atoms with Crippen molar-refractivity contribution >= 4 is 18.5 Å². The fourth-order valence-electron chi connectivity index (χ4n) is 3.91. The van der Waals surface area contributed by atoms with Crippen molar-refractivity contribution in [2.24, 2.45) is 12.8 Å². The Hall–Kier alpha value is -4.92. The normalized spacial score (nSPS) is 9.55. The van der Waals surface area contributed by atoms with Crippen molar-refractivity contribution in [1.29, 1.82) is 0 Å². The van der Waals surface area contributed by atoms with Gasteiger partial charge in [-0.25, -0.2) is 9.97 Å². The molecule has 0 fully saturated rings. The van der Waals surface area contributed by atoms with E-state index in [1.54, 1.807) is 6.20 Å². The first-order valence-electron chi connectivity index (χ1n) is 17.2. The third-order valence-electron chi connectivity index (χ3n) is 6.12. The molecule has 4 aromatic rings. The van der Waals surface area contributed by atoms with Gasteiger partial charge >= 0.3 is 0 Å². The predicted octanol–water partition coefficient (Wildman–Crippen LogP) is 5.12. The fourth-order valence-corrected chi connectivity index (χ4v) is 3.91. The Labute approximate surface area is 303 Å². The molecule has 0 spiro atoms. The average Bonchev–Trinajstić information content (AvgIpc) is 3.54. The van der Waals surface area contributed by atoms with E-state index in [4.69, 9.17) is 23.7 Å². The standard InChI is InChI=1S/C17H27NO5.C15H16N6.2C2H6.CH3NO/c1-2-6-20-7-8-21-9-10-22-11-12-23-17-5-3-4-16(13-17)14-18-15-19;1-11-4-3-5-12(8-11)17-9-14-19-20-15(21(14)2)13-6-7-16-10-18-13;2*1-2;2-1-3/h3-5,13,15H,2,6-12,14H2,1H3,(H,18,19);3-8,10,17H,9H2,1-2H3;2*1-2H3;1H,(H2,2,3). The van der Waals surface area contributed by atoms with Crippen molar-refractivity contribution in [2.45, 2.75) is 61.1 Å². The molecule has 2 heterocycles. The maximum Gasteiger partial charge on any atom is 0.207 e. The second kappa shape index (κ2) is 32.3. The third-order valence-corrected chi connectivity index (χ3v) is 6.12. The summed E-state index contributed by atoms with van der Waals surface area (Å²) in [5.74, 6) is 2.35. The molecule has 0 unspecified atom stereocenters. The van der Waals surface area contributed by atoms with Gasteiger partial charge in [-0.3, -0.25) is 9.59 Å². The van der Waals surface area contributed by atoms with Gasteiger partial charge in [0.05, 0.1) is 39.6 Å². The van der Waals surface area contributed by atoms with E-state index in [-0.39, 0.29) is 6.41 Å². The smallest absolute Gasteiger partial charge is 0.207 e. The molecule has 0 saturated carbocycles. The van der Waals surface area contributed by atoms with Crippen molar-refractivity contribution in [3.05, 3.63) is 84.1 Å². The van der Waals surface area contributed by atoms with Crippen LogP contribution in [-0.2, 0) is 43.9 Å². The van der Waals surface area contributed by atoms with Gasteiger partial charge in [0.25, 0.3) is 0 Å². The van der Waals surface area contributed by atoms with Gasteiger partial charge in [-0.2, -0.15) is 0 Å². The Kier molecular flexibility index (Phi) is 29.2. The van der Waals surface area contributed by atoms with Gasteiger partial charge in [0.1, 0.15) is 24.4 Å². The van der Waals surface area contributed by atoms with Crippen LogP contribution in [0.2, 0.25) is 0 Å². The summed E-state index contributed by atoms with van der Waals surface area (Å²) in [6.07, 6.45) is 5.16. The highest BCUT2D eigenvalue weighted by molar-refractivity contribution is 5.49. The Morgan fingerprint density at radius 3 is 2.08 bits per heavy atom. The lowest BCUT2D eigenvalue weighted by Crippen LogP contribution is -2.13. The second-order valence-corrected chi connectivity index (χ2v) is 9.78. The van der Waals surface area contributed by atoms with Crippen LogP contribution in [0.3, 0.4) is 0 Å². The van der Waals surface area contributed by atoms with Crippen LogP contribution in [0.4, 0.5) is 5.69 Å². The minimum Gasteiger partial charge on any atom is -0.491 e. The molecule has 0 saturated heterocycles. The molecule has 282 valence electrons. The highest BCUT2D eigenvalue weighted by atomic mass is 16.6. The molecule has 0 aliphatic rings. The van der Waals surface area contributed by atoms with Gasteiger partial charge in [0, 0.05) is 32.1 Å². The van der Waals surface area contributed by atoms with Crippen LogP contribution in [0.15, 0.2) is 67.1 Å². The number of nitrogens with zero attached hydrogens (tertiary/aromatic N) is 5. The lowest BCUT2D eigenvalue weighted by Gasteiger charge is -2.09. The molecule has 0 atom stereocenters. The Balaban J connectivity index is 0.000000835. The lowest BCUT2D eigenvalue weighted by molar-refractivity contribution is -0.109. The van der Waals surface area contributed by atoms with Crippen LogP contribution in [0, 0.1) is 6.92 Å². The van der Waals surface area contributed by atoms with E-state index in [2.05, 4.69) is 62.5 Å². The number of aryl methyl sites for hydroxylation is 1. The minimum absolute atomic E-state index is 0.250. The molecule has 0 aliphatic heterocycles. The number of nitrogens with two attached hydrogens (primary N) is 1. The molecule has 2 amide bonds. The lowest BCUT2D eigenvalue weighted by atomic mass is 10.2. The molecule has 14 nitrogen and oxygen atoms in total. The van der Waals surface area contributed by atoms with Gasteiger partial charge in [-0.05, 0) is 54.8 Å². The monoisotopic (exact) mass is 710 g/mol. The number of hydrogen-bond donors (Lipinski definition) is 3. The van der Waals surface area contributed by atoms with E-state index in [1.165, 1.54) is 11.9 Å². The number of hydrogen-bond acceptors (Lipinski definition) is 11. The molecule has 2 aromatic heterocycles. The highest BCUT2D eigenvalue weighted by Gasteiger charge is 2.11. The number of ether oxygens (including phenoxy) is 4. The zero-order valence-electron chi connectivity index (χ0n) is 31.3. The molecular formula is C37H58N8O6. The van der Waals surface area contributed by atoms with Crippen LogP contribution >= 0.6 is 0 Å². The SMILES string of the molecule is CC.CC.CCCOCCOCCOCCOc1cccc(CNC=O)c1.Cc1cccc(NCc2nnc(-c3ccncn3)n2C)c1.NC=O. The molecule has 14 heteroatoms. The molecule has 51 heavy (non-hydrogen) atoms. The van der Waals surface area contributed by atoms with E-state index in [0.717, 1.165) is 47.4 Å². The summed E-state index contributed by atoms with van der Waals surface area (Å²) >= 11 is 0. The summed E-state index contributed by atoms with van der Waals surface area (Å²) in [7, 11) is 1.94. The largest absolute Gasteiger partial charge is 0.491 e. The molecule has 0 radical (unpaired) electrons. The summed E-state index contributed by atoms with van der Waals surface area (Å²) in [5.41, 5.74) is 8.22. The van der Waals surface area contributed by atoms with E-state index < -0.39 is 0 Å². The Bertz CT molecular complexity index is 1410. The van der Waals surface area contributed by atoms with Gasteiger partial charge in [0.15, 0.2) is 11.6 Å². The predicted molar refractivity (Wildman–Crippen MR) is 201 cm³/mol. The molecule has 4 N–H and O–H groups in total. The summed E-state index contributed by atoms with van der Waals surface area (Å²) in [4.78, 5) is 27.0. The number of aromatic nitrogens is 5. The first kappa shape index (κ1) is 46.1. The number of carbonyl (C=O) groups excluding carboxylic acids is 2.